The van der Waals surface area contributed by atoms with Gasteiger partial charge < -0.3 is 15.0 Å². The molecule has 0 saturated carbocycles. The number of nitrogens with one attached hydrogen (secondary N) is 2. The minimum absolute atomic E-state index is 0.0164. The van der Waals surface area contributed by atoms with E-state index in [0.29, 0.717) is 18.8 Å². The van der Waals surface area contributed by atoms with E-state index in [9.17, 15) is 9.18 Å². The summed E-state index contributed by atoms with van der Waals surface area (Å²) < 4.78 is 18.6. The summed E-state index contributed by atoms with van der Waals surface area (Å²) in [6.07, 6.45) is 1.69. The number of hydrogen-bond acceptors (Lipinski definition) is 2. The lowest BCUT2D eigenvalue weighted by Gasteiger charge is -2.14. The van der Waals surface area contributed by atoms with E-state index >= 15 is 0 Å². The summed E-state index contributed by atoms with van der Waals surface area (Å²) in [5, 5.41) is 2.70. The van der Waals surface area contributed by atoms with Crippen LogP contribution in [0.2, 0.25) is 5.02 Å². The smallest absolute Gasteiger partial charge is 0.279 e. The van der Waals surface area contributed by atoms with Crippen molar-refractivity contribution < 1.29 is 18.8 Å². The van der Waals surface area contributed by atoms with Crippen molar-refractivity contribution in [3.63, 3.8) is 0 Å². The molecular formula is C19H21ClFN2O2+. The third kappa shape index (κ3) is 6.21. The van der Waals surface area contributed by atoms with Gasteiger partial charge in [0.25, 0.3) is 5.91 Å². The van der Waals surface area contributed by atoms with E-state index in [0.717, 1.165) is 16.2 Å². The van der Waals surface area contributed by atoms with Crippen molar-refractivity contribution in [3.05, 3.63) is 71.5 Å². The van der Waals surface area contributed by atoms with Gasteiger partial charge in [0.05, 0.1) is 12.1 Å². The van der Waals surface area contributed by atoms with Crippen LogP contribution < -0.4 is 15.0 Å². The minimum atomic E-state index is -0.511. The van der Waals surface area contributed by atoms with E-state index in [1.807, 2.05) is 31.3 Å². The third-order valence-corrected chi connectivity index (χ3v) is 3.75. The van der Waals surface area contributed by atoms with Crippen molar-refractivity contribution in [3.8, 4) is 5.75 Å². The normalized spacial score (nSPS) is 11.6. The number of anilines is 1. The average molecular weight is 364 g/mol. The maximum Gasteiger partial charge on any atom is 0.279 e. The number of carbonyl (C=O) groups is 1. The monoisotopic (exact) mass is 363 g/mol. The summed E-state index contributed by atoms with van der Waals surface area (Å²) >= 11 is 5.71. The maximum atomic E-state index is 13.1. The van der Waals surface area contributed by atoms with Gasteiger partial charge >= 0.3 is 0 Å². The average Bonchev–Trinajstić information content (AvgIpc) is 2.57. The first kappa shape index (κ1) is 19.0. The molecule has 2 aromatic rings. The highest BCUT2D eigenvalue weighted by atomic mass is 35.5. The van der Waals surface area contributed by atoms with Crippen molar-refractivity contribution in [2.45, 2.75) is 6.54 Å². The molecule has 0 radical (unpaired) electrons. The van der Waals surface area contributed by atoms with Gasteiger partial charge in [-0.05, 0) is 42.5 Å². The van der Waals surface area contributed by atoms with E-state index in [1.54, 1.807) is 6.08 Å². The largest absolute Gasteiger partial charge is 0.490 e. The maximum absolute atomic E-state index is 13.1. The summed E-state index contributed by atoms with van der Waals surface area (Å²) in [4.78, 5) is 13.1. The zero-order chi connectivity index (χ0) is 18.2. The summed E-state index contributed by atoms with van der Waals surface area (Å²) in [6.45, 7) is 5.05. The fourth-order valence-corrected chi connectivity index (χ4v) is 2.50. The number of rotatable bonds is 8. The molecule has 0 saturated heterocycles. The molecule has 0 fully saturated rings. The fourth-order valence-electron chi connectivity index (χ4n) is 2.32. The molecule has 2 rings (SSSR count). The Morgan fingerprint density at radius 3 is 2.68 bits per heavy atom. The van der Waals surface area contributed by atoms with Gasteiger partial charge in [0.15, 0.2) is 6.54 Å². The molecule has 1 unspecified atom stereocenters. The van der Waals surface area contributed by atoms with Crippen molar-refractivity contribution in [1.82, 2.24) is 0 Å². The topological polar surface area (TPSA) is 42.8 Å². The second-order valence-corrected chi connectivity index (χ2v) is 6.14. The zero-order valence-electron chi connectivity index (χ0n) is 14.0. The van der Waals surface area contributed by atoms with Gasteiger partial charge in [-0.1, -0.05) is 24.3 Å². The van der Waals surface area contributed by atoms with E-state index in [2.05, 4.69) is 11.9 Å². The number of amides is 1. The van der Waals surface area contributed by atoms with Crippen molar-refractivity contribution in [2.75, 3.05) is 25.5 Å². The Morgan fingerprint density at radius 1 is 1.32 bits per heavy atom. The Morgan fingerprint density at radius 2 is 2.04 bits per heavy atom. The Hall–Kier alpha value is -2.37. The van der Waals surface area contributed by atoms with Gasteiger partial charge in [-0.15, -0.1) is 0 Å². The van der Waals surface area contributed by atoms with Crippen LogP contribution in [-0.4, -0.2) is 26.1 Å². The Kier molecular flexibility index (Phi) is 6.98. The first-order valence-electron chi connectivity index (χ1n) is 7.86. The molecule has 0 heterocycles. The third-order valence-electron chi connectivity index (χ3n) is 3.46. The van der Waals surface area contributed by atoms with Crippen molar-refractivity contribution in [2.24, 2.45) is 0 Å². The standard InChI is InChI=1S/C19H20ClFN2O2/c1-3-10-25-16-7-4-14(5-8-16)12-23(2)13-19(24)22-15-6-9-18(21)17(20)11-15/h3-9,11H,1,10,12-13H2,2H3,(H,22,24)/p+1. The molecule has 1 atom stereocenters. The number of halogens is 2. The molecule has 0 spiro atoms. The summed E-state index contributed by atoms with van der Waals surface area (Å²) in [6, 6.07) is 11.8. The number of hydrogen-bond donors (Lipinski definition) is 2. The quantitative estimate of drug-likeness (QED) is 0.708. The number of carbonyl (C=O) groups excluding carboxylic acids is 1. The van der Waals surface area contributed by atoms with Gasteiger partial charge in [-0.2, -0.15) is 0 Å². The molecule has 0 aliphatic heterocycles. The molecule has 132 valence electrons. The Labute approximate surface area is 151 Å². The lowest BCUT2D eigenvalue weighted by atomic mass is 10.2. The minimum Gasteiger partial charge on any atom is -0.490 e. The second kappa shape index (κ2) is 9.20. The van der Waals surface area contributed by atoms with Gasteiger partial charge in [0.1, 0.15) is 24.7 Å². The van der Waals surface area contributed by atoms with Gasteiger partial charge in [-0.25, -0.2) is 4.39 Å². The van der Waals surface area contributed by atoms with Gasteiger partial charge in [0.2, 0.25) is 0 Å². The first-order valence-corrected chi connectivity index (χ1v) is 8.24. The number of likely N-dealkylation sites (N-methyl/N-ethyl adjacent to an activating group) is 1. The molecule has 2 N–H and O–H groups in total. The SMILES string of the molecule is C=CCOc1ccc(C[NH+](C)CC(=O)Nc2ccc(F)c(Cl)c2)cc1. The highest BCUT2D eigenvalue weighted by Crippen LogP contribution is 2.19. The fraction of sp³-hybridized carbons (Fsp3) is 0.211. The number of benzene rings is 2. The molecule has 0 bridgehead atoms. The summed E-state index contributed by atoms with van der Waals surface area (Å²) in [5.74, 6) is 0.112. The van der Waals surface area contributed by atoms with Crippen LogP contribution in [0.3, 0.4) is 0 Å². The van der Waals surface area contributed by atoms with Crippen LogP contribution in [0.15, 0.2) is 55.1 Å². The Balaban J connectivity index is 1.84. The predicted octanol–water partition coefficient (Wildman–Crippen LogP) is 2.70. The molecule has 2 aromatic carbocycles. The summed E-state index contributed by atoms with van der Waals surface area (Å²) in [7, 11) is 1.93. The molecule has 6 heteroatoms. The highest BCUT2D eigenvalue weighted by molar-refractivity contribution is 6.31. The van der Waals surface area contributed by atoms with Crippen LogP contribution in [0.25, 0.3) is 0 Å². The molecule has 25 heavy (non-hydrogen) atoms. The highest BCUT2D eigenvalue weighted by Gasteiger charge is 2.12. The summed E-state index contributed by atoms with van der Waals surface area (Å²) in [5.41, 5.74) is 1.58. The Bertz CT molecular complexity index is 735. The molecular weight excluding hydrogens is 343 g/mol. The molecule has 0 aliphatic rings. The lowest BCUT2D eigenvalue weighted by molar-refractivity contribution is -0.885. The van der Waals surface area contributed by atoms with Crippen LogP contribution in [-0.2, 0) is 11.3 Å². The van der Waals surface area contributed by atoms with E-state index in [1.165, 1.54) is 18.2 Å². The zero-order valence-corrected chi connectivity index (χ0v) is 14.8. The van der Waals surface area contributed by atoms with Crippen LogP contribution in [0.5, 0.6) is 5.75 Å². The molecule has 0 aliphatic carbocycles. The van der Waals surface area contributed by atoms with Crippen LogP contribution >= 0.6 is 11.6 Å². The number of ether oxygens (including phenoxy) is 1. The van der Waals surface area contributed by atoms with Crippen molar-refractivity contribution in [1.29, 1.82) is 0 Å². The number of quaternary nitrogens is 1. The van der Waals surface area contributed by atoms with Crippen LogP contribution in [0.4, 0.5) is 10.1 Å². The van der Waals surface area contributed by atoms with Crippen LogP contribution in [0.1, 0.15) is 5.56 Å². The van der Waals surface area contributed by atoms with E-state index in [4.69, 9.17) is 16.3 Å². The van der Waals surface area contributed by atoms with Crippen LogP contribution in [0, 0.1) is 5.82 Å². The predicted molar refractivity (Wildman–Crippen MR) is 97.6 cm³/mol. The van der Waals surface area contributed by atoms with Gasteiger partial charge in [-0.3, -0.25) is 4.79 Å². The molecule has 0 aromatic heterocycles. The molecule has 4 nitrogen and oxygen atoms in total. The van der Waals surface area contributed by atoms with E-state index in [-0.39, 0.29) is 17.5 Å². The van der Waals surface area contributed by atoms with E-state index < -0.39 is 5.82 Å². The second-order valence-electron chi connectivity index (χ2n) is 5.73. The van der Waals surface area contributed by atoms with Gasteiger partial charge in [0, 0.05) is 11.3 Å². The van der Waals surface area contributed by atoms with Crippen molar-refractivity contribution >= 4 is 23.2 Å². The first-order chi connectivity index (χ1) is 12.0. The molecule has 1 amide bonds. The lowest BCUT2D eigenvalue weighted by Crippen LogP contribution is -3.08.